The molecular formula is C19H29Cl2N3O. The molecule has 4 rings (SSSR count). The highest BCUT2D eigenvalue weighted by atomic mass is 35.5. The lowest BCUT2D eigenvalue weighted by atomic mass is 9.95. The van der Waals surface area contributed by atoms with Gasteiger partial charge in [0.2, 0.25) is 5.91 Å². The number of hydrogen-bond donors (Lipinski definition) is 1. The molecule has 2 fully saturated rings. The first kappa shape index (κ1) is 20.3. The number of nitrogens with zero attached hydrogens (tertiary/aromatic N) is 2. The number of likely N-dealkylation sites (tertiary alicyclic amines) is 1. The number of benzene rings is 1. The summed E-state index contributed by atoms with van der Waals surface area (Å²) in [7, 11) is 0. The van der Waals surface area contributed by atoms with Crippen molar-refractivity contribution in [3.8, 4) is 0 Å². The topological polar surface area (TPSA) is 35.6 Å². The molecule has 0 aromatic heterocycles. The minimum Gasteiger partial charge on any atom is -0.371 e. The Balaban J connectivity index is 0.00000113. The highest BCUT2D eigenvalue weighted by molar-refractivity contribution is 5.85. The molecule has 0 bridgehead atoms. The predicted molar refractivity (Wildman–Crippen MR) is 107 cm³/mol. The van der Waals surface area contributed by atoms with E-state index < -0.39 is 0 Å². The summed E-state index contributed by atoms with van der Waals surface area (Å²) < 4.78 is 0. The molecule has 2 saturated heterocycles. The first-order valence-electron chi connectivity index (χ1n) is 9.16. The van der Waals surface area contributed by atoms with Gasteiger partial charge in [0, 0.05) is 31.9 Å². The second-order valence-corrected chi connectivity index (χ2v) is 7.24. The zero-order valence-electron chi connectivity index (χ0n) is 14.7. The minimum absolute atomic E-state index is 0. The summed E-state index contributed by atoms with van der Waals surface area (Å²) in [5.74, 6) is 1.06. The van der Waals surface area contributed by atoms with Crippen LogP contribution in [0.4, 0.5) is 5.69 Å². The van der Waals surface area contributed by atoms with Crippen molar-refractivity contribution in [2.75, 3.05) is 37.6 Å². The number of fused-ring (bicyclic) bond motifs is 1. The van der Waals surface area contributed by atoms with Gasteiger partial charge in [0.25, 0.3) is 0 Å². The SMILES string of the molecule is Cl.Cl.O=C(C1CCCN1)N1CCC(CN2CCc3ccccc32)CC1. The lowest BCUT2D eigenvalue weighted by Crippen LogP contribution is -2.48. The van der Waals surface area contributed by atoms with Gasteiger partial charge in [-0.3, -0.25) is 4.79 Å². The summed E-state index contributed by atoms with van der Waals surface area (Å²) in [6, 6.07) is 8.89. The third-order valence-electron chi connectivity index (χ3n) is 5.75. The second kappa shape index (κ2) is 9.11. The van der Waals surface area contributed by atoms with Crippen molar-refractivity contribution in [1.82, 2.24) is 10.2 Å². The van der Waals surface area contributed by atoms with Crippen LogP contribution in [0.15, 0.2) is 24.3 Å². The van der Waals surface area contributed by atoms with Crippen molar-refractivity contribution in [3.63, 3.8) is 0 Å². The second-order valence-electron chi connectivity index (χ2n) is 7.24. The summed E-state index contributed by atoms with van der Waals surface area (Å²) in [6.07, 6.45) is 5.64. The molecule has 25 heavy (non-hydrogen) atoms. The molecule has 1 aromatic rings. The van der Waals surface area contributed by atoms with Crippen LogP contribution in [0.2, 0.25) is 0 Å². The van der Waals surface area contributed by atoms with Crippen molar-refractivity contribution >= 4 is 36.4 Å². The van der Waals surface area contributed by atoms with Gasteiger partial charge in [0.1, 0.15) is 0 Å². The van der Waals surface area contributed by atoms with E-state index in [2.05, 4.69) is 39.4 Å². The number of carbonyl (C=O) groups excluding carboxylic acids is 1. The molecule has 3 aliphatic heterocycles. The predicted octanol–water partition coefficient (Wildman–Crippen LogP) is 2.88. The Kier molecular flexibility index (Phi) is 7.41. The Morgan fingerprint density at radius 1 is 1.08 bits per heavy atom. The van der Waals surface area contributed by atoms with E-state index in [1.807, 2.05) is 0 Å². The molecule has 3 heterocycles. The van der Waals surface area contributed by atoms with E-state index in [0.717, 1.165) is 64.3 Å². The number of piperidine rings is 1. The van der Waals surface area contributed by atoms with E-state index in [4.69, 9.17) is 0 Å². The van der Waals surface area contributed by atoms with Crippen molar-refractivity contribution in [3.05, 3.63) is 29.8 Å². The Bertz CT molecular complexity index is 570. The summed E-state index contributed by atoms with van der Waals surface area (Å²) >= 11 is 0. The van der Waals surface area contributed by atoms with E-state index in [-0.39, 0.29) is 30.9 Å². The maximum atomic E-state index is 12.5. The summed E-state index contributed by atoms with van der Waals surface area (Å²) in [6.45, 7) is 5.20. The quantitative estimate of drug-likeness (QED) is 0.868. The zero-order valence-corrected chi connectivity index (χ0v) is 16.3. The van der Waals surface area contributed by atoms with Crippen LogP contribution in [0, 0.1) is 5.92 Å². The summed E-state index contributed by atoms with van der Waals surface area (Å²) in [5, 5.41) is 3.34. The molecule has 1 atom stereocenters. The Morgan fingerprint density at radius 2 is 1.84 bits per heavy atom. The molecule has 1 amide bonds. The van der Waals surface area contributed by atoms with E-state index in [0.29, 0.717) is 5.91 Å². The van der Waals surface area contributed by atoms with Gasteiger partial charge in [-0.2, -0.15) is 0 Å². The standard InChI is InChI=1S/C19H27N3O.2ClH/c23-19(17-5-3-10-20-17)21-11-7-15(8-12-21)14-22-13-9-16-4-1-2-6-18(16)22;;/h1-2,4,6,15,17,20H,3,5,7-14H2;2*1H. The van der Waals surface area contributed by atoms with Crippen LogP contribution >= 0.6 is 24.8 Å². The van der Waals surface area contributed by atoms with Gasteiger partial charge in [-0.25, -0.2) is 0 Å². The van der Waals surface area contributed by atoms with Crippen molar-refractivity contribution in [2.24, 2.45) is 5.92 Å². The van der Waals surface area contributed by atoms with Gasteiger partial charge < -0.3 is 15.1 Å². The van der Waals surface area contributed by atoms with E-state index in [9.17, 15) is 4.79 Å². The van der Waals surface area contributed by atoms with Crippen LogP contribution < -0.4 is 10.2 Å². The third kappa shape index (κ3) is 4.42. The van der Waals surface area contributed by atoms with Crippen LogP contribution in [-0.2, 0) is 11.2 Å². The number of nitrogens with one attached hydrogen (secondary N) is 1. The minimum atomic E-state index is 0. The Labute approximate surface area is 163 Å². The fourth-order valence-electron chi connectivity index (χ4n) is 4.36. The number of rotatable bonds is 3. The van der Waals surface area contributed by atoms with Crippen molar-refractivity contribution in [1.29, 1.82) is 0 Å². The number of hydrogen-bond acceptors (Lipinski definition) is 3. The molecule has 0 spiro atoms. The number of anilines is 1. The average Bonchev–Trinajstić information content (AvgIpc) is 3.25. The van der Waals surface area contributed by atoms with Gasteiger partial charge >= 0.3 is 0 Å². The van der Waals surface area contributed by atoms with Gasteiger partial charge in [-0.15, -0.1) is 24.8 Å². The van der Waals surface area contributed by atoms with Crippen LogP contribution in [0.3, 0.4) is 0 Å². The maximum absolute atomic E-state index is 12.5. The summed E-state index contributed by atoms with van der Waals surface area (Å²) in [5.41, 5.74) is 2.92. The van der Waals surface area contributed by atoms with Crippen LogP contribution in [0.5, 0.6) is 0 Å². The first-order valence-corrected chi connectivity index (χ1v) is 9.16. The lowest BCUT2D eigenvalue weighted by molar-refractivity contribution is -0.134. The van der Waals surface area contributed by atoms with E-state index in [1.165, 1.54) is 17.7 Å². The molecule has 1 aromatic carbocycles. The molecule has 0 saturated carbocycles. The molecule has 3 aliphatic rings. The number of halogens is 2. The first-order chi connectivity index (χ1) is 11.3. The van der Waals surface area contributed by atoms with Crippen LogP contribution in [-0.4, -0.2) is 49.6 Å². The zero-order chi connectivity index (χ0) is 15.6. The Morgan fingerprint density at radius 3 is 2.56 bits per heavy atom. The molecule has 1 unspecified atom stereocenters. The number of carbonyl (C=O) groups is 1. The Hall–Kier alpha value is -0.970. The smallest absolute Gasteiger partial charge is 0.239 e. The third-order valence-corrected chi connectivity index (χ3v) is 5.75. The molecular weight excluding hydrogens is 357 g/mol. The highest BCUT2D eigenvalue weighted by Crippen LogP contribution is 2.30. The van der Waals surface area contributed by atoms with E-state index in [1.54, 1.807) is 0 Å². The fraction of sp³-hybridized carbons (Fsp3) is 0.632. The number of para-hydroxylation sites is 1. The maximum Gasteiger partial charge on any atom is 0.239 e. The lowest BCUT2D eigenvalue weighted by Gasteiger charge is -2.35. The van der Waals surface area contributed by atoms with Gasteiger partial charge in [-0.1, -0.05) is 18.2 Å². The number of amides is 1. The van der Waals surface area contributed by atoms with Crippen LogP contribution in [0.1, 0.15) is 31.2 Å². The van der Waals surface area contributed by atoms with Gasteiger partial charge in [0.05, 0.1) is 6.04 Å². The average molecular weight is 386 g/mol. The molecule has 6 heteroatoms. The highest BCUT2D eigenvalue weighted by Gasteiger charge is 2.31. The molecule has 0 radical (unpaired) electrons. The van der Waals surface area contributed by atoms with Crippen LogP contribution in [0.25, 0.3) is 0 Å². The molecule has 4 nitrogen and oxygen atoms in total. The molecule has 140 valence electrons. The molecule has 1 N–H and O–H groups in total. The van der Waals surface area contributed by atoms with Gasteiger partial charge in [-0.05, 0) is 56.2 Å². The van der Waals surface area contributed by atoms with E-state index >= 15 is 0 Å². The molecule has 0 aliphatic carbocycles. The summed E-state index contributed by atoms with van der Waals surface area (Å²) in [4.78, 5) is 17.1. The largest absolute Gasteiger partial charge is 0.371 e. The normalized spacial score (nSPS) is 23.0. The van der Waals surface area contributed by atoms with Gasteiger partial charge in [0.15, 0.2) is 0 Å². The monoisotopic (exact) mass is 385 g/mol. The van der Waals surface area contributed by atoms with Crippen molar-refractivity contribution < 1.29 is 4.79 Å². The van der Waals surface area contributed by atoms with Crippen molar-refractivity contribution in [2.45, 2.75) is 38.1 Å². The fourth-order valence-corrected chi connectivity index (χ4v) is 4.36.